The largest absolute Gasteiger partial charge is 0.508 e. The smallest absolute Gasteiger partial charge is 0.306 e. The highest BCUT2D eigenvalue weighted by Gasteiger charge is 2.31. The number of aliphatic carboxylic acids is 1. The Kier molecular flexibility index (Phi) is 4.91. The fraction of sp³-hybridized carbons (Fsp3) is 0.231. The van der Waals surface area contributed by atoms with Gasteiger partial charge in [-0.05, 0) is 49.4 Å². The van der Waals surface area contributed by atoms with Crippen molar-refractivity contribution < 1.29 is 15.0 Å². The van der Waals surface area contributed by atoms with Crippen LogP contribution in [0.25, 0.3) is 38.9 Å². The van der Waals surface area contributed by atoms with Crippen molar-refractivity contribution in [2.45, 2.75) is 31.6 Å². The second-order valence-electron chi connectivity index (χ2n) is 9.11. The number of aromatic hydroxyl groups is 1. The Morgan fingerprint density at radius 2 is 1.86 bits per heavy atom. The minimum absolute atomic E-state index is 0.0954. The third-order valence-corrected chi connectivity index (χ3v) is 7.02. The third-order valence-electron chi connectivity index (χ3n) is 7.02. The predicted octanol–water partition coefficient (Wildman–Crippen LogP) is 4.59. The van der Waals surface area contributed by atoms with Crippen LogP contribution >= 0.6 is 0 Å². The number of carboxylic acids is 1. The number of anilines is 1. The number of H-pyrrole nitrogens is 1. The van der Waals surface area contributed by atoms with Gasteiger partial charge in [0, 0.05) is 16.9 Å². The van der Waals surface area contributed by atoms with Crippen molar-refractivity contribution in [3.63, 3.8) is 0 Å². The second kappa shape index (κ2) is 8.12. The lowest BCUT2D eigenvalue weighted by Gasteiger charge is -2.24. The SMILES string of the molecule is Nc1ncnn2c(C3CCC(C(=O)O)CC3)nc(-c3cc4cccc(-c5ccc(O)cc5)c4[nH]3)c12. The van der Waals surface area contributed by atoms with Crippen LogP contribution in [-0.4, -0.2) is 40.7 Å². The number of nitrogen functional groups attached to an aromatic ring is 1. The number of carbonyl (C=O) groups is 1. The maximum absolute atomic E-state index is 11.4. The summed E-state index contributed by atoms with van der Waals surface area (Å²) in [6.45, 7) is 0. The van der Waals surface area contributed by atoms with Crippen LogP contribution in [-0.2, 0) is 4.79 Å². The quantitative estimate of drug-likeness (QED) is 0.302. The number of nitrogens with zero attached hydrogens (tertiary/aromatic N) is 4. The molecule has 0 atom stereocenters. The van der Waals surface area contributed by atoms with Crippen LogP contribution in [0, 0.1) is 5.92 Å². The van der Waals surface area contributed by atoms with Crippen molar-refractivity contribution in [1.29, 1.82) is 0 Å². The number of fused-ring (bicyclic) bond motifs is 2. The molecule has 0 aliphatic heterocycles. The maximum atomic E-state index is 11.4. The number of phenolic OH excluding ortho intramolecular Hbond substituents is 1. The van der Waals surface area contributed by atoms with E-state index in [0.29, 0.717) is 29.9 Å². The minimum atomic E-state index is -0.730. The lowest BCUT2D eigenvalue weighted by atomic mass is 9.82. The van der Waals surface area contributed by atoms with E-state index in [1.54, 1.807) is 16.6 Å². The van der Waals surface area contributed by atoms with Gasteiger partial charge in [0.25, 0.3) is 0 Å². The van der Waals surface area contributed by atoms with E-state index in [2.05, 4.69) is 15.1 Å². The van der Waals surface area contributed by atoms with E-state index in [-0.39, 0.29) is 17.6 Å². The Balaban J connectivity index is 1.47. The van der Waals surface area contributed by atoms with Gasteiger partial charge in [-0.15, -0.1) is 0 Å². The monoisotopic (exact) mass is 468 g/mol. The fourth-order valence-electron chi connectivity index (χ4n) is 5.19. The number of rotatable bonds is 4. The molecule has 1 aliphatic carbocycles. The first-order chi connectivity index (χ1) is 17.0. The van der Waals surface area contributed by atoms with Gasteiger partial charge in [-0.2, -0.15) is 5.10 Å². The van der Waals surface area contributed by atoms with Crippen LogP contribution in [0.1, 0.15) is 37.4 Å². The summed E-state index contributed by atoms with van der Waals surface area (Å²) in [5.41, 5.74) is 11.4. The van der Waals surface area contributed by atoms with Crippen LogP contribution in [0.3, 0.4) is 0 Å². The lowest BCUT2D eigenvalue weighted by Crippen LogP contribution is -2.21. The van der Waals surface area contributed by atoms with Gasteiger partial charge in [0.2, 0.25) is 0 Å². The van der Waals surface area contributed by atoms with Gasteiger partial charge >= 0.3 is 5.97 Å². The third kappa shape index (κ3) is 3.56. The highest BCUT2D eigenvalue weighted by atomic mass is 16.4. The van der Waals surface area contributed by atoms with Crippen LogP contribution < -0.4 is 5.73 Å². The van der Waals surface area contributed by atoms with Gasteiger partial charge in [-0.25, -0.2) is 14.5 Å². The predicted molar refractivity (Wildman–Crippen MR) is 132 cm³/mol. The standard InChI is InChI=1S/C26H24N6O3/c27-24-23-22(31-25(32(23)29-13-28-24)15-4-6-16(7-5-15)26(34)35)20-12-17-2-1-3-19(21(17)30-20)14-8-10-18(33)11-9-14/h1-3,8-13,15-16,30,33H,4-7H2,(H,34,35)(H2,27,28,29). The molecule has 35 heavy (non-hydrogen) atoms. The molecule has 176 valence electrons. The summed E-state index contributed by atoms with van der Waals surface area (Å²) in [6.07, 6.45) is 4.13. The normalized spacial score (nSPS) is 18.3. The van der Waals surface area contributed by atoms with Crippen molar-refractivity contribution >= 4 is 28.2 Å². The number of hydrogen-bond donors (Lipinski definition) is 4. The summed E-state index contributed by atoms with van der Waals surface area (Å²) in [6, 6.07) is 15.2. The molecule has 3 heterocycles. The number of phenols is 1. The first kappa shape index (κ1) is 21.2. The van der Waals surface area contributed by atoms with Crippen LogP contribution in [0.2, 0.25) is 0 Å². The minimum Gasteiger partial charge on any atom is -0.508 e. The summed E-state index contributed by atoms with van der Waals surface area (Å²) < 4.78 is 1.76. The van der Waals surface area contributed by atoms with Crippen LogP contribution in [0.4, 0.5) is 5.82 Å². The molecule has 9 heteroatoms. The summed E-state index contributed by atoms with van der Waals surface area (Å²) in [5.74, 6) is 0.404. The van der Waals surface area contributed by atoms with Crippen molar-refractivity contribution in [2.75, 3.05) is 5.73 Å². The van der Waals surface area contributed by atoms with Crippen molar-refractivity contribution in [1.82, 2.24) is 24.6 Å². The molecule has 0 amide bonds. The van der Waals surface area contributed by atoms with Gasteiger partial charge in [-0.1, -0.05) is 30.3 Å². The molecule has 9 nitrogen and oxygen atoms in total. The molecule has 1 aliphatic rings. The molecule has 0 saturated heterocycles. The summed E-state index contributed by atoms with van der Waals surface area (Å²) in [4.78, 5) is 24.1. The van der Waals surface area contributed by atoms with E-state index in [1.807, 2.05) is 36.4 Å². The molecule has 6 rings (SSSR count). The summed E-state index contributed by atoms with van der Waals surface area (Å²) >= 11 is 0. The lowest BCUT2D eigenvalue weighted by molar-refractivity contribution is -0.142. The number of nitrogens with one attached hydrogen (secondary N) is 1. The zero-order valence-electron chi connectivity index (χ0n) is 18.8. The zero-order chi connectivity index (χ0) is 24.1. The van der Waals surface area contributed by atoms with Gasteiger partial charge in [0.05, 0.1) is 17.1 Å². The Labute approximate surface area is 200 Å². The number of imidazole rings is 1. The highest BCUT2D eigenvalue weighted by molar-refractivity contribution is 5.98. The molecule has 0 unspecified atom stereocenters. The van der Waals surface area contributed by atoms with E-state index in [0.717, 1.165) is 46.4 Å². The number of benzene rings is 2. The fourth-order valence-corrected chi connectivity index (χ4v) is 5.19. The maximum Gasteiger partial charge on any atom is 0.306 e. The molecule has 3 aromatic heterocycles. The number of para-hydroxylation sites is 1. The first-order valence-corrected chi connectivity index (χ1v) is 11.6. The zero-order valence-corrected chi connectivity index (χ0v) is 18.8. The Hall–Kier alpha value is -4.40. The summed E-state index contributed by atoms with van der Waals surface area (Å²) in [7, 11) is 0. The Morgan fingerprint density at radius 3 is 2.60 bits per heavy atom. The van der Waals surface area contributed by atoms with Crippen molar-refractivity contribution in [3.8, 4) is 28.3 Å². The average molecular weight is 469 g/mol. The number of carboxylic acid groups (broad SMARTS) is 1. The Bertz CT molecular complexity index is 1560. The second-order valence-corrected chi connectivity index (χ2v) is 9.11. The van der Waals surface area contributed by atoms with Gasteiger partial charge in [0.1, 0.15) is 29.1 Å². The molecule has 1 fully saturated rings. The van der Waals surface area contributed by atoms with Crippen molar-refractivity contribution in [2.24, 2.45) is 5.92 Å². The van der Waals surface area contributed by atoms with E-state index in [1.165, 1.54) is 6.33 Å². The molecule has 2 aromatic carbocycles. The molecule has 5 aromatic rings. The average Bonchev–Trinajstić information content (AvgIpc) is 3.47. The molecular weight excluding hydrogens is 444 g/mol. The summed E-state index contributed by atoms with van der Waals surface area (Å²) in [5, 5.41) is 24.5. The van der Waals surface area contributed by atoms with Crippen LogP contribution in [0.15, 0.2) is 54.9 Å². The van der Waals surface area contributed by atoms with E-state index < -0.39 is 5.97 Å². The van der Waals surface area contributed by atoms with E-state index >= 15 is 0 Å². The topological polar surface area (TPSA) is 142 Å². The number of aromatic nitrogens is 5. The molecular formula is C26H24N6O3. The number of aromatic amines is 1. The molecule has 1 saturated carbocycles. The van der Waals surface area contributed by atoms with Gasteiger partial charge < -0.3 is 20.9 Å². The van der Waals surface area contributed by atoms with Gasteiger partial charge in [0.15, 0.2) is 5.82 Å². The van der Waals surface area contributed by atoms with Crippen molar-refractivity contribution in [3.05, 3.63) is 60.7 Å². The number of hydrogen-bond acceptors (Lipinski definition) is 6. The van der Waals surface area contributed by atoms with Gasteiger partial charge in [-0.3, -0.25) is 4.79 Å². The van der Waals surface area contributed by atoms with E-state index in [9.17, 15) is 15.0 Å². The number of nitrogens with two attached hydrogens (primary N) is 1. The molecule has 5 N–H and O–H groups in total. The highest BCUT2D eigenvalue weighted by Crippen LogP contribution is 2.39. The molecule has 0 spiro atoms. The van der Waals surface area contributed by atoms with Crippen LogP contribution in [0.5, 0.6) is 5.75 Å². The molecule has 0 radical (unpaired) electrons. The Morgan fingerprint density at radius 1 is 1.09 bits per heavy atom. The first-order valence-electron chi connectivity index (χ1n) is 11.6. The van der Waals surface area contributed by atoms with E-state index in [4.69, 9.17) is 10.7 Å². The molecule has 0 bridgehead atoms.